The van der Waals surface area contributed by atoms with Gasteiger partial charge in [0.1, 0.15) is 5.60 Å². The van der Waals surface area contributed by atoms with Crippen molar-refractivity contribution in [2.45, 2.75) is 31.4 Å². The topological polar surface area (TPSA) is 60.0 Å². The fraction of sp³-hybridized carbons (Fsp3) is 0.625. The van der Waals surface area contributed by atoms with Crippen LogP contribution in [0.4, 0.5) is 0 Å². The van der Waals surface area contributed by atoms with E-state index in [0.717, 1.165) is 17.9 Å². The van der Waals surface area contributed by atoms with Crippen LogP contribution in [0.2, 0.25) is 0 Å². The molecule has 1 aromatic rings. The van der Waals surface area contributed by atoms with Gasteiger partial charge in [-0.25, -0.2) is 0 Å². The standard InChI is InChI=1S/C16H25NO4/c1-12(17-10-16(18)6-7-21-11-16)8-13-4-5-14(19-2)15(9-13)20-3/h4-5,9,12,17-18H,6-8,10-11H2,1-3H3. The van der Waals surface area contributed by atoms with E-state index in [1.807, 2.05) is 18.2 Å². The number of methoxy groups -OCH3 is 2. The summed E-state index contributed by atoms with van der Waals surface area (Å²) in [5, 5.41) is 13.6. The summed E-state index contributed by atoms with van der Waals surface area (Å²) in [6, 6.07) is 6.20. The molecule has 0 amide bonds. The maximum atomic E-state index is 10.2. The van der Waals surface area contributed by atoms with Crippen molar-refractivity contribution in [3.8, 4) is 11.5 Å². The van der Waals surface area contributed by atoms with Crippen LogP contribution >= 0.6 is 0 Å². The van der Waals surface area contributed by atoms with E-state index in [-0.39, 0.29) is 6.04 Å². The molecule has 5 nitrogen and oxygen atoms in total. The molecule has 2 unspecified atom stereocenters. The molecule has 1 aliphatic rings. The first kappa shape index (κ1) is 16.1. The molecule has 2 N–H and O–H groups in total. The lowest BCUT2D eigenvalue weighted by Gasteiger charge is -2.24. The molecule has 118 valence electrons. The quantitative estimate of drug-likeness (QED) is 0.796. The smallest absolute Gasteiger partial charge is 0.160 e. The zero-order valence-electron chi connectivity index (χ0n) is 13.0. The van der Waals surface area contributed by atoms with Crippen molar-refractivity contribution in [1.82, 2.24) is 5.32 Å². The van der Waals surface area contributed by atoms with Crippen LogP contribution in [-0.4, -0.2) is 50.7 Å². The van der Waals surface area contributed by atoms with Crippen LogP contribution in [-0.2, 0) is 11.2 Å². The van der Waals surface area contributed by atoms with E-state index in [1.54, 1.807) is 14.2 Å². The largest absolute Gasteiger partial charge is 0.493 e. The summed E-state index contributed by atoms with van der Waals surface area (Å²) in [4.78, 5) is 0. The third-order valence-electron chi connectivity index (χ3n) is 3.85. The predicted octanol–water partition coefficient (Wildman–Crippen LogP) is 1.38. The number of ether oxygens (including phenoxy) is 3. The Bertz CT molecular complexity index is 458. The van der Waals surface area contributed by atoms with E-state index in [1.165, 1.54) is 5.56 Å². The Balaban J connectivity index is 1.88. The van der Waals surface area contributed by atoms with Gasteiger partial charge in [-0.15, -0.1) is 0 Å². The number of hydrogen-bond acceptors (Lipinski definition) is 5. The molecule has 0 radical (unpaired) electrons. The first-order valence-corrected chi connectivity index (χ1v) is 7.31. The van der Waals surface area contributed by atoms with E-state index < -0.39 is 5.60 Å². The van der Waals surface area contributed by atoms with Crippen molar-refractivity contribution in [3.05, 3.63) is 23.8 Å². The molecule has 0 spiro atoms. The zero-order valence-corrected chi connectivity index (χ0v) is 13.0. The second-order valence-electron chi connectivity index (χ2n) is 5.70. The van der Waals surface area contributed by atoms with Crippen LogP contribution in [0.25, 0.3) is 0 Å². The number of nitrogens with one attached hydrogen (secondary N) is 1. The van der Waals surface area contributed by atoms with Gasteiger partial charge in [0.15, 0.2) is 11.5 Å². The van der Waals surface area contributed by atoms with Crippen molar-refractivity contribution < 1.29 is 19.3 Å². The zero-order chi connectivity index (χ0) is 15.3. The van der Waals surface area contributed by atoms with Crippen molar-refractivity contribution in [3.63, 3.8) is 0 Å². The van der Waals surface area contributed by atoms with Gasteiger partial charge in [-0.3, -0.25) is 0 Å². The normalized spacial score (nSPS) is 23.0. The first-order chi connectivity index (χ1) is 10.1. The van der Waals surface area contributed by atoms with Gasteiger partial charge < -0.3 is 24.6 Å². The number of rotatable bonds is 7. The lowest BCUT2D eigenvalue weighted by atomic mass is 10.0. The van der Waals surface area contributed by atoms with Crippen LogP contribution in [0.1, 0.15) is 18.9 Å². The van der Waals surface area contributed by atoms with E-state index in [2.05, 4.69) is 12.2 Å². The molecular weight excluding hydrogens is 270 g/mol. The molecule has 0 aromatic heterocycles. The van der Waals surface area contributed by atoms with E-state index in [0.29, 0.717) is 26.2 Å². The van der Waals surface area contributed by atoms with Crippen LogP contribution < -0.4 is 14.8 Å². The van der Waals surface area contributed by atoms with Gasteiger partial charge in [-0.05, 0) is 31.0 Å². The Morgan fingerprint density at radius 1 is 1.33 bits per heavy atom. The maximum absolute atomic E-state index is 10.2. The Morgan fingerprint density at radius 3 is 2.71 bits per heavy atom. The van der Waals surface area contributed by atoms with Gasteiger partial charge in [0.2, 0.25) is 0 Å². The minimum Gasteiger partial charge on any atom is -0.493 e. The van der Waals surface area contributed by atoms with Crippen molar-refractivity contribution in [2.75, 3.05) is 34.0 Å². The average molecular weight is 295 g/mol. The van der Waals surface area contributed by atoms with Crippen LogP contribution in [0.15, 0.2) is 18.2 Å². The van der Waals surface area contributed by atoms with Gasteiger partial charge in [-0.1, -0.05) is 6.07 Å². The molecule has 0 saturated carbocycles. The first-order valence-electron chi connectivity index (χ1n) is 7.31. The lowest BCUT2D eigenvalue weighted by Crippen LogP contribution is -2.44. The average Bonchev–Trinajstić information content (AvgIpc) is 2.92. The molecular formula is C16H25NO4. The highest BCUT2D eigenvalue weighted by Crippen LogP contribution is 2.28. The van der Waals surface area contributed by atoms with Crippen molar-refractivity contribution in [2.24, 2.45) is 0 Å². The summed E-state index contributed by atoms with van der Waals surface area (Å²) < 4.78 is 15.8. The third kappa shape index (κ3) is 4.33. The fourth-order valence-corrected chi connectivity index (χ4v) is 2.53. The Hall–Kier alpha value is -1.30. The van der Waals surface area contributed by atoms with E-state index >= 15 is 0 Å². The second-order valence-corrected chi connectivity index (χ2v) is 5.70. The van der Waals surface area contributed by atoms with E-state index in [9.17, 15) is 5.11 Å². The highest BCUT2D eigenvalue weighted by molar-refractivity contribution is 5.43. The molecule has 1 aromatic carbocycles. The molecule has 0 aliphatic carbocycles. The SMILES string of the molecule is COc1ccc(CC(C)NCC2(O)CCOC2)cc1OC. The Labute approximate surface area is 126 Å². The number of aliphatic hydroxyl groups is 1. The number of hydrogen-bond donors (Lipinski definition) is 2. The van der Waals surface area contributed by atoms with Gasteiger partial charge in [0, 0.05) is 25.6 Å². The van der Waals surface area contributed by atoms with Gasteiger partial charge in [0.05, 0.1) is 20.8 Å². The van der Waals surface area contributed by atoms with Gasteiger partial charge >= 0.3 is 0 Å². The molecule has 1 heterocycles. The molecule has 2 atom stereocenters. The summed E-state index contributed by atoms with van der Waals surface area (Å²) >= 11 is 0. The Kier molecular flexibility index (Phi) is 5.45. The molecule has 21 heavy (non-hydrogen) atoms. The molecule has 1 fully saturated rings. The Morgan fingerprint density at radius 2 is 2.10 bits per heavy atom. The molecule has 5 heteroatoms. The van der Waals surface area contributed by atoms with Gasteiger partial charge in [-0.2, -0.15) is 0 Å². The van der Waals surface area contributed by atoms with Crippen LogP contribution in [0.5, 0.6) is 11.5 Å². The van der Waals surface area contributed by atoms with Crippen molar-refractivity contribution >= 4 is 0 Å². The minimum absolute atomic E-state index is 0.257. The summed E-state index contributed by atoms with van der Waals surface area (Å²) in [7, 11) is 3.27. The van der Waals surface area contributed by atoms with Crippen LogP contribution in [0, 0.1) is 0 Å². The highest BCUT2D eigenvalue weighted by atomic mass is 16.5. The number of benzene rings is 1. The van der Waals surface area contributed by atoms with Gasteiger partial charge in [0.25, 0.3) is 0 Å². The fourth-order valence-electron chi connectivity index (χ4n) is 2.53. The van der Waals surface area contributed by atoms with E-state index in [4.69, 9.17) is 14.2 Å². The monoisotopic (exact) mass is 295 g/mol. The lowest BCUT2D eigenvalue weighted by molar-refractivity contribution is 0.0252. The molecule has 1 aliphatic heterocycles. The summed E-state index contributed by atoms with van der Waals surface area (Å²) in [6.07, 6.45) is 1.56. The van der Waals surface area contributed by atoms with Crippen molar-refractivity contribution in [1.29, 1.82) is 0 Å². The summed E-state index contributed by atoms with van der Waals surface area (Å²) in [5.74, 6) is 1.48. The molecule has 2 rings (SSSR count). The minimum atomic E-state index is -0.716. The molecule has 0 bridgehead atoms. The maximum Gasteiger partial charge on any atom is 0.160 e. The second kappa shape index (κ2) is 7.11. The summed E-state index contributed by atoms with van der Waals surface area (Å²) in [6.45, 7) is 3.72. The predicted molar refractivity (Wildman–Crippen MR) is 81.1 cm³/mol. The van der Waals surface area contributed by atoms with Crippen LogP contribution in [0.3, 0.4) is 0 Å². The third-order valence-corrected chi connectivity index (χ3v) is 3.85. The summed E-state index contributed by atoms with van der Waals surface area (Å²) in [5.41, 5.74) is 0.452. The molecule has 1 saturated heterocycles. The highest BCUT2D eigenvalue weighted by Gasteiger charge is 2.32.